The molecule has 0 aromatic heterocycles. The smallest absolute Gasteiger partial charge is 0.306 e. The molecule has 69 heavy (non-hydrogen) atoms. The van der Waals surface area contributed by atoms with Gasteiger partial charge in [-0.15, -0.1) is 0 Å². The molecule has 0 aliphatic heterocycles. The molecule has 390 valence electrons. The number of unbranched alkanes of at least 4 members (excludes halogenated alkanes) is 21. The fourth-order valence-corrected chi connectivity index (χ4v) is 7.36. The van der Waals surface area contributed by atoms with Crippen molar-refractivity contribution < 1.29 is 28.6 Å². The van der Waals surface area contributed by atoms with Crippen LogP contribution in [0.2, 0.25) is 0 Å². The van der Waals surface area contributed by atoms with Crippen LogP contribution in [0, 0.1) is 0 Å². The fraction of sp³-hybridized carbons (Fsp3) is 0.635. The summed E-state index contributed by atoms with van der Waals surface area (Å²) in [4.78, 5) is 38.1. The number of esters is 3. The van der Waals surface area contributed by atoms with Gasteiger partial charge in [-0.25, -0.2) is 0 Å². The Kier molecular flexibility index (Phi) is 53.0. The Bertz CT molecular complexity index is 1470. The average molecular weight is 956 g/mol. The highest BCUT2D eigenvalue weighted by Crippen LogP contribution is 2.14. The Morgan fingerprint density at radius 1 is 0.319 bits per heavy atom. The molecular formula is C63H102O6. The first-order valence-electron chi connectivity index (χ1n) is 28.1. The normalized spacial score (nSPS) is 13.0. The number of hydrogen-bond donors (Lipinski definition) is 0. The van der Waals surface area contributed by atoms with E-state index in [9.17, 15) is 14.4 Å². The summed E-state index contributed by atoms with van der Waals surface area (Å²) in [5.41, 5.74) is 0. The van der Waals surface area contributed by atoms with E-state index in [1.807, 2.05) is 36.5 Å². The van der Waals surface area contributed by atoms with Gasteiger partial charge in [0.1, 0.15) is 13.2 Å². The first-order valence-corrected chi connectivity index (χ1v) is 28.1. The minimum atomic E-state index is -0.814. The van der Waals surface area contributed by atoms with Crippen molar-refractivity contribution in [3.05, 3.63) is 122 Å². The quantitative estimate of drug-likeness (QED) is 0.0199. The number of carbonyl (C=O) groups is 3. The van der Waals surface area contributed by atoms with Crippen LogP contribution in [0.1, 0.15) is 239 Å². The van der Waals surface area contributed by atoms with Crippen LogP contribution in [0.25, 0.3) is 0 Å². The monoisotopic (exact) mass is 955 g/mol. The molecule has 0 N–H and O–H groups in total. The van der Waals surface area contributed by atoms with Gasteiger partial charge in [-0.2, -0.15) is 0 Å². The van der Waals surface area contributed by atoms with Gasteiger partial charge in [-0.05, 0) is 109 Å². The molecule has 0 spiro atoms. The first kappa shape index (κ1) is 64.8. The van der Waals surface area contributed by atoms with E-state index in [1.54, 1.807) is 0 Å². The van der Waals surface area contributed by atoms with Crippen molar-refractivity contribution in [1.29, 1.82) is 0 Å². The Balaban J connectivity index is 4.49. The lowest BCUT2D eigenvalue weighted by molar-refractivity contribution is -0.167. The highest BCUT2D eigenvalue weighted by atomic mass is 16.6. The van der Waals surface area contributed by atoms with Crippen molar-refractivity contribution in [1.82, 2.24) is 0 Å². The molecule has 0 aliphatic rings. The zero-order chi connectivity index (χ0) is 50.0. The van der Waals surface area contributed by atoms with Crippen LogP contribution in [-0.2, 0) is 28.6 Å². The van der Waals surface area contributed by atoms with E-state index in [1.165, 1.54) is 89.9 Å². The van der Waals surface area contributed by atoms with Crippen LogP contribution in [0.3, 0.4) is 0 Å². The van der Waals surface area contributed by atoms with Crippen molar-refractivity contribution >= 4 is 17.9 Å². The molecule has 6 heteroatoms. The Morgan fingerprint density at radius 2 is 0.638 bits per heavy atom. The maximum Gasteiger partial charge on any atom is 0.306 e. The van der Waals surface area contributed by atoms with E-state index in [2.05, 4.69) is 106 Å². The van der Waals surface area contributed by atoms with Crippen LogP contribution >= 0.6 is 0 Å². The largest absolute Gasteiger partial charge is 0.462 e. The molecule has 0 amide bonds. The molecule has 0 bridgehead atoms. The van der Waals surface area contributed by atoms with Crippen LogP contribution in [-0.4, -0.2) is 37.2 Å². The SMILES string of the molecule is CC\C=C/C=C\C=C/C=C\CCCCCC(=O)OCC(COC(=O)CCCCC/C=C\C/C=C\C/C=C\C/C=C\C/C=C\CC)OC(=O)CCCCCCCCC/C=C\CCCCCCCCCC. The maximum absolute atomic E-state index is 12.9. The minimum absolute atomic E-state index is 0.113. The second-order valence-electron chi connectivity index (χ2n) is 18.2. The minimum Gasteiger partial charge on any atom is -0.462 e. The summed E-state index contributed by atoms with van der Waals surface area (Å²) >= 11 is 0. The zero-order valence-corrected chi connectivity index (χ0v) is 44.5. The molecule has 0 saturated carbocycles. The summed E-state index contributed by atoms with van der Waals surface area (Å²) < 4.78 is 16.8. The number of hydrogen-bond acceptors (Lipinski definition) is 6. The first-order chi connectivity index (χ1) is 34.0. The molecular weight excluding hydrogens is 853 g/mol. The number of allylic oxidation sites excluding steroid dienone is 20. The summed E-state index contributed by atoms with van der Waals surface area (Å²) in [7, 11) is 0. The Morgan fingerprint density at radius 3 is 1.09 bits per heavy atom. The molecule has 0 aromatic carbocycles. The van der Waals surface area contributed by atoms with Crippen molar-refractivity contribution in [3.8, 4) is 0 Å². The Hall–Kier alpha value is -4.19. The van der Waals surface area contributed by atoms with Gasteiger partial charge in [-0.3, -0.25) is 14.4 Å². The third kappa shape index (κ3) is 54.6. The topological polar surface area (TPSA) is 78.9 Å². The van der Waals surface area contributed by atoms with Gasteiger partial charge in [0.15, 0.2) is 6.10 Å². The highest BCUT2D eigenvalue weighted by Gasteiger charge is 2.19. The highest BCUT2D eigenvalue weighted by molar-refractivity contribution is 5.71. The van der Waals surface area contributed by atoms with E-state index < -0.39 is 6.10 Å². The lowest BCUT2D eigenvalue weighted by Crippen LogP contribution is -2.30. The van der Waals surface area contributed by atoms with Crippen molar-refractivity contribution in [3.63, 3.8) is 0 Å². The van der Waals surface area contributed by atoms with Crippen LogP contribution in [0.15, 0.2) is 122 Å². The van der Waals surface area contributed by atoms with E-state index in [-0.39, 0.29) is 31.1 Å². The molecule has 6 nitrogen and oxygen atoms in total. The second kappa shape index (κ2) is 56.4. The molecule has 0 aromatic rings. The third-order valence-electron chi connectivity index (χ3n) is 11.5. The lowest BCUT2D eigenvalue weighted by Gasteiger charge is -2.18. The zero-order valence-electron chi connectivity index (χ0n) is 44.5. The summed E-state index contributed by atoms with van der Waals surface area (Å²) in [6.07, 6.45) is 77.6. The number of rotatable bonds is 49. The van der Waals surface area contributed by atoms with E-state index in [0.717, 1.165) is 109 Å². The number of carbonyl (C=O) groups excluding carboxylic acids is 3. The summed E-state index contributed by atoms with van der Waals surface area (Å²) in [5.74, 6) is -0.988. The van der Waals surface area contributed by atoms with Crippen molar-refractivity contribution in [2.24, 2.45) is 0 Å². The van der Waals surface area contributed by atoms with Gasteiger partial charge in [0, 0.05) is 19.3 Å². The summed E-state index contributed by atoms with van der Waals surface area (Å²) in [6, 6.07) is 0. The van der Waals surface area contributed by atoms with E-state index in [4.69, 9.17) is 14.2 Å². The van der Waals surface area contributed by atoms with Gasteiger partial charge in [-0.1, -0.05) is 232 Å². The van der Waals surface area contributed by atoms with Gasteiger partial charge < -0.3 is 14.2 Å². The predicted molar refractivity (Wildman–Crippen MR) is 297 cm³/mol. The molecule has 0 rings (SSSR count). The van der Waals surface area contributed by atoms with E-state index >= 15 is 0 Å². The average Bonchev–Trinajstić information content (AvgIpc) is 3.35. The van der Waals surface area contributed by atoms with Gasteiger partial charge in [0.25, 0.3) is 0 Å². The van der Waals surface area contributed by atoms with Gasteiger partial charge >= 0.3 is 17.9 Å². The molecule has 1 atom stereocenters. The fourth-order valence-electron chi connectivity index (χ4n) is 7.36. The third-order valence-corrected chi connectivity index (χ3v) is 11.5. The second-order valence-corrected chi connectivity index (χ2v) is 18.2. The molecule has 0 fully saturated rings. The van der Waals surface area contributed by atoms with Crippen LogP contribution < -0.4 is 0 Å². The van der Waals surface area contributed by atoms with Gasteiger partial charge in [0.2, 0.25) is 0 Å². The van der Waals surface area contributed by atoms with Crippen molar-refractivity contribution in [2.45, 2.75) is 245 Å². The molecule has 0 radical (unpaired) electrons. The van der Waals surface area contributed by atoms with Gasteiger partial charge in [0.05, 0.1) is 0 Å². The molecule has 1 unspecified atom stereocenters. The molecule has 0 aliphatic carbocycles. The van der Waals surface area contributed by atoms with Crippen LogP contribution in [0.4, 0.5) is 0 Å². The standard InChI is InChI=1S/C63H102O6/c1-4-7-10-13-16-19-22-25-27-29-31-33-35-38-41-44-47-50-53-56-62(65)68-59-60(58-67-61(64)55-52-49-46-43-40-37-24-21-18-15-12-9-6-3)69-63(66)57-54-51-48-45-42-39-36-34-32-30-28-26-23-20-17-14-11-8-5-2/h7,9-10,12,15-16,18-19,21,24-25,27,30-33,37-38,40-41,60H,4-6,8,11,13-14,17,20,22-23,26,28-29,34-36,39,42-59H2,1-3H3/b10-7-,12-9-,18-15-,19-16-,24-21-,27-25-,32-30-,33-31-,40-37-,41-38-. The number of ether oxygens (including phenoxy) is 3. The Labute approximate surface area is 424 Å². The molecule has 0 heterocycles. The summed E-state index contributed by atoms with van der Waals surface area (Å²) in [6.45, 7) is 6.31. The van der Waals surface area contributed by atoms with E-state index in [0.29, 0.717) is 19.3 Å². The predicted octanol–water partition coefficient (Wildman–Crippen LogP) is 18.9. The maximum atomic E-state index is 12.9. The van der Waals surface area contributed by atoms with Crippen molar-refractivity contribution in [2.75, 3.05) is 13.2 Å². The summed E-state index contributed by atoms with van der Waals surface area (Å²) in [5, 5.41) is 0. The van der Waals surface area contributed by atoms with Crippen LogP contribution in [0.5, 0.6) is 0 Å². The lowest BCUT2D eigenvalue weighted by atomic mass is 10.1. The molecule has 0 saturated heterocycles.